The first kappa shape index (κ1) is 15.6. The summed E-state index contributed by atoms with van der Waals surface area (Å²) >= 11 is 0. The van der Waals surface area contributed by atoms with E-state index >= 15 is 0 Å². The predicted octanol–water partition coefficient (Wildman–Crippen LogP) is 4.13. The van der Waals surface area contributed by atoms with Gasteiger partial charge in [0.2, 0.25) is 0 Å². The van der Waals surface area contributed by atoms with Gasteiger partial charge in [-0.1, -0.05) is 18.2 Å². The summed E-state index contributed by atoms with van der Waals surface area (Å²) in [7, 11) is 0.405. The monoisotopic (exact) mass is 340 g/mol. The lowest BCUT2D eigenvalue weighted by Crippen LogP contribution is -2.13. The first-order chi connectivity index (χ1) is 11.8. The van der Waals surface area contributed by atoms with Gasteiger partial charge in [0.05, 0.1) is 12.1 Å². The third-order valence-corrected chi connectivity index (χ3v) is 7.18. The molecule has 4 heteroatoms. The van der Waals surface area contributed by atoms with Gasteiger partial charge in [-0.25, -0.2) is 0 Å². The molecule has 1 fully saturated rings. The van der Waals surface area contributed by atoms with Gasteiger partial charge in [0.1, 0.15) is 18.1 Å². The van der Waals surface area contributed by atoms with Gasteiger partial charge in [0.25, 0.3) is 0 Å². The van der Waals surface area contributed by atoms with E-state index in [1.165, 1.54) is 40.0 Å². The zero-order valence-electron chi connectivity index (χ0n) is 14.0. The van der Waals surface area contributed by atoms with Crippen molar-refractivity contribution in [2.45, 2.75) is 31.2 Å². The Bertz CT molecular complexity index is 893. The highest BCUT2D eigenvalue weighted by Gasteiger charge is 2.27. The van der Waals surface area contributed by atoms with E-state index in [9.17, 15) is 4.79 Å². The molecule has 24 heavy (non-hydrogen) atoms. The SMILES string of the molecule is CCOC(=O)Cn1c2ccccc2c2cc([S+]3CCCC3)ccc21. The number of fused-ring (bicyclic) bond motifs is 3. The second-order valence-electron chi connectivity index (χ2n) is 6.20. The average molecular weight is 340 g/mol. The van der Waals surface area contributed by atoms with Crippen LogP contribution in [0.25, 0.3) is 21.8 Å². The Kier molecular flexibility index (Phi) is 4.23. The van der Waals surface area contributed by atoms with Crippen molar-refractivity contribution in [2.75, 3.05) is 18.1 Å². The van der Waals surface area contributed by atoms with E-state index in [1.54, 1.807) is 0 Å². The van der Waals surface area contributed by atoms with Crippen LogP contribution in [0.1, 0.15) is 19.8 Å². The maximum Gasteiger partial charge on any atom is 0.325 e. The van der Waals surface area contributed by atoms with Gasteiger partial charge in [0, 0.05) is 33.3 Å². The molecule has 0 bridgehead atoms. The second-order valence-corrected chi connectivity index (χ2v) is 8.47. The van der Waals surface area contributed by atoms with Gasteiger partial charge < -0.3 is 9.30 Å². The lowest BCUT2D eigenvalue weighted by molar-refractivity contribution is -0.143. The molecule has 3 nitrogen and oxygen atoms in total. The van der Waals surface area contributed by atoms with Gasteiger partial charge in [0.15, 0.2) is 4.90 Å². The largest absolute Gasteiger partial charge is 0.465 e. The van der Waals surface area contributed by atoms with Crippen LogP contribution >= 0.6 is 0 Å². The van der Waals surface area contributed by atoms with Crippen molar-refractivity contribution in [3.05, 3.63) is 42.5 Å². The van der Waals surface area contributed by atoms with Crippen LogP contribution in [0.3, 0.4) is 0 Å². The molecule has 1 aromatic heterocycles. The van der Waals surface area contributed by atoms with E-state index in [0.29, 0.717) is 17.5 Å². The molecule has 1 aliphatic rings. The Morgan fingerprint density at radius 1 is 1.08 bits per heavy atom. The smallest absolute Gasteiger partial charge is 0.325 e. The number of esters is 1. The van der Waals surface area contributed by atoms with Crippen molar-refractivity contribution < 1.29 is 9.53 Å². The predicted molar refractivity (Wildman–Crippen MR) is 101 cm³/mol. The minimum atomic E-state index is -0.179. The van der Waals surface area contributed by atoms with Crippen LogP contribution in [0, 0.1) is 0 Å². The lowest BCUT2D eigenvalue weighted by Gasteiger charge is -2.07. The maximum absolute atomic E-state index is 12.0. The molecule has 0 radical (unpaired) electrons. The van der Waals surface area contributed by atoms with Gasteiger partial charge >= 0.3 is 5.97 Å². The highest BCUT2D eigenvalue weighted by atomic mass is 32.2. The Morgan fingerprint density at radius 2 is 1.83 bits per heavy atom. The van der Waals surface area contributed by atoms with Crippen LogP contribution in [-0.4, -0.2) is 28.6 Å². The van der Waals surface area contributed by atoms with Gasteiger partial charge in [-0.2, -0.15) is 0 Å². The Hall–Kier alpha value is -1.94. The Morgan fingerprint density at radius 3 is 2.62 bits per heavy atom. The summed E-state index contributed by atoms with van der Waals surface area (Å²) in [5.74, 6) is 2.47. The number of carbonyl (C=O) groups is 1. The molecule has 0 atom stereocenters. The third-order valence-electron chi connectivity index (χ3n) is 4.70. The van der Waals surface area contributed by atoms with Crippen LogP contribution in [-0.2, 0) is 27.0 Å². The summed E-state index contributed by atoms with van der Waals surface area (Å²) in [5.41, 5.74) is 2.23. The van der Waals surface area contributed by atoms with E-state index in [0.717, 1.165) is 11.0 Å². The summed E-state index contributed by atoms with van der Waals surface area (Å²) in [5, 5.41) is 2.48. The van der Waals surface area contributed by atoms with Crippen LogP contribution in [0.5, 0.6) is 0 Å². The molecule has 1 saturated heterocycles. The van der Waals surface area contributed by atoms with Crippen molar-refractivity contribution in [1.29, 1.82) is 0 Å². The first-order valence-electron chi connectivity index (χ1n) is 8.62. The van der Waals surface area contributed by atoms with Gasteiger partial charge in [-0.3, -0.25) is 4.79 Å². The third kappa shape index (κ3) is 2.69. The molecule has 2 heterocycles. The number of aromatic nitrogens is 1. The Labute approximate surface area is 144 Å². The number of hydrogen-bond donors (Lipinski definition) is 0. The van der Waals surface area contributed by atoms with Gasteiger partial charge in [-0.15, -0.1) is 0 Å². The number of carbonyl (C=O) groups excluding carboxylic acids is 1. The fourth-order valence-electron chi connectivity index (χ4n) is 3.61. The molecular formula is C20H22NO2S+. The summed E-state index contributed by atoms with van der Waals surface area (Å²) in [4.78, 5) is 13.5. The van der Waals surface area contributed by atoms with Crippen LogP contribution in [0.2, 0.25) is 0 Å². The summed E-state index contributed by atoms with van der Waals surface area (Å²) < 4.78 is 7.25. The van der Waals surface area contributed by atoms with Gasteiger partial charge in [-0.05, 0) is 38.0 Å². The zero-order valence-corrected chi connectivity index (χ0v) is 14.8. The topological polar surface area (TPSA) is 31.2 Å². The molecule has 124 valence electrons. The maximum atomic E-state index is 12.0. The van der Waals surface area contributed by atoms with Crippen molar-refractivity contribution in [2.24, 2.45) is 0 Å². The molecular weight excluding hydrogens is 318 g/mol. The molecule has 2 aromatic carbocycles. The number of nitrogens with zero attached hydrogens (tertiary/aromatic N) is 1. The van der Waals surface area contributed by atoms with Crippen LogP contribution in [0.15, 0.2) is 47.4 Å². The quantitative estimate of drug-likeness (QED) is 0.528. The molecule has 3 aromatic rings. The minimum absolute atomic E-state index is 0.179. The standard InChI is InChI=1S/C20H22NO2S/c1-2-23-20(22)14-21-18-8-4-3-7-16(18)17-13-15(9-10-19(17)21)24-11-5-6-12-24/h3-4,7-10,13H,2,5-6,11-12,14H2,1H3/q+1. The van der Waals surface area contributed by atoms with Crippen LogP contribution in [0.4, 0.5) is 0 Å². The molecule has 0 N–H and O–H groups in total. The van der Waals surface area contributed by atoms with Crippen LogP contribution < -0.4 is 0 Å². The normalized spacial score (nSPS) is 15.4. The van der Waals surface area contributed by atoms with Crippen molar-refractivity contribution in [1.82, 2.24) is 4.57 Å². The first-order valence-corrected chi connectivity index (χ1v) is 10.2. The highest BCUT2D eigenvalue weighted by Crippen LogP contribution is 2.33. The number of hydrogen-bond acceptors (Lipinski definition) is 2. The second kappa shape index (κ2) is 6.52. The summed E-state index contributed by atoms with van der Waals surface area (Å²) in [6, 6.07) is 15.1. The van der Waals surface area contributed by atoms with E-state index in [4.69, 9.17) is 4.74 Å². The lowest BCUT2D eigenvalue weighted by atomic mass is 10.1. The molecule has 0 unspecified atom stereocenters. The fourth-order valence-corrected chi connectivity index (χ4v) is 5.93. The van der Waals surface area contributed by atoms with Crippen molar-refractivity contribution in [3.63, 3.8) is 0 Å². The molecule has 0 amide bonds. The van der Waals surface area contributed by atoms with Crippen molar-refractivity contribution >= 4 is 38.7 Å². The van der Waals surface area contributed by atoms with E-state index < -0.39 is 0 Å². The average Bonchev–Trinajstić information content (AvgIpc) is 3.23. The molecule has 4 rings (SSSR count). The molecule has 1 aliphatic heterocycles. The van der Waals surface area contributed by atoms with E-state index in [-0.39, 0.29) is 12.5 Å². The highest BCUT2D eigenvalue weighted by molar-refractivity contribution is 7.97. The number of benzene rings is 2. The number of ether oxygens (including phenoxy) is 1. The molecule has 0 aliphatic carbocycles. The molecule has 0 spiro atoms. The summed E-state index contributed by atoms with van der Waals surface area (Å²) in [6.45, 7) is 2.53. The number of para-hydroxylation sites is 1. The zero-order chi connectivity index (χ0) is 16.5. The fraction of sp³-hybridized carbons (Fsp3) is 0.350. The Balaban J connectivity index is 1.85. The van der Waals surface area contributed by atoms with E-state index in [2.05, 4.69) is 41.0 Å². The molecule has 0 saturated carbocycles. The van der Waals surface area contributed by atoms with E-state index in [1.807, 2.05) is 13.0 Å². The number of rotatable bonds is 4. The summed E-state index contributed by atoms with van der Waals surface area (Å²) in [6.07, 6.45) is 2.71. The van der Waals surface area contributed by atoms with Crippen molar-refractivity contribution in [3.8, 4) is 0 Å². The minimum Gasteiger partial charge on any atom is -0.465 e.